The first-order chi connectivity index (χ1) is 11.2. The number of nitrogens with one attached hydrogen (secondary N) is 2. The van der Waals surface area contributed by atoms with Crippen LogP contribution in [0.2, 0.25) is 5.02 Å². The van der Waals surface area contributed by atoms with Crippen molar-refractivity contribution in [3.8, 4) is 0 Å². The molecule has 1 heterocycles. The lowest BCUT2D eigenvalue weighted by molar-refractivity contribution is -0.111. The highest BCUT2D eigenvalue weighted by atomic mass is 35.5. The van der Waals surface area contributed by atoms with E-state index in [0.717, 1.165) is 35.7 Å². The monoisotopic (exact) mass is 325 g/mol. The van der Waals surface area contributed by atoms with E-state index < -0.39 is 0 Å². The molecule has 0 saturated carbocycles. The van der Waals surface area contributed by atoms with Gasteiger partial charge in [0.25, 0.3) is 0 Å². The standard InChI is InChI=1S/C18H16ClN3O/c19-15-3-1-2-13(12-15)4-9-17(23)22-16-7-5-14(6-8-16)18-20-10-11-21-18/h1-9,12H,10-11H2,(H,20,21)(H,22,23)/b9-4+. The second-order valence-corrected chi connectivity index (χ2v) is 5.55. The molecule has 0 fully saturated rings. The van der Waals surface area contributed by atoms with Crippen molar-refractivity contribution < 1.29 is 4.79 Å². The Balaban J connectivity index is 1.61. The summed E-state index contributed by atoms with van der Waals surface area (Å²) in [5.41, 5.74) is 2.65. The van der Waals surface area contributed by atoms with Crippen LogP contribution in [-0.4, -0.2) is 24.8 Å². The Bertz CT molecular complexity index is 766. The van der Waals surface area contributed by atoms with Gasteiger partial charge in [0.2, 0.25) is 5.91 Å². The molecule has 2 N–H and O–H groups in total. The molecule has 2 aromatic carbocycles. The smallest absolute Gasteiger partial charge is 0.248 e. The van der Waals surface area contributed by atoms with Gasteiger partial charge in [-0.1, -0.05) is 23.7 Å². The van der Waals surface area contributed by atoms with Crippen LogP contribution in [-0.2, 0) is 4.79 Å². The Morgan fingerprint density at radius 3 is 2.74 bits per heavy atom. The second-order valence-electron chi connectivity index (χ2n) is 5.11. The third-order valence-corrected chi connectivity index (χ3v) is 3.61. The fraction of sp³-hybridized carbons (Fsp3) is 0.111. The largest absolute Gasteiger partial charge is 0.368 e. The number of hydrogen-bond donors (Lipinski definition) is 2. The summed E-state index contributed by atoms with van der Waals surface area (Å²) in [7, 11) is 0. The number of carbonyl (C=O) groups is 1. The minimum Gasteiger partial charge on any atom is -0.368 e. The lowest BCUT2D eigenvalue weighted by Gasteiger charge is -2.05. The van der Waals surface area contributed by atoms with Gasteiger partial charge in [-0.2, -0.15) is 0 Å². The van der Waals surface area contributed by atoms with Crippen LogP contribution in [0.4, 0.5) is 5.69 Å². The van der Waals surface area contributed by atoms with E-state index in [2.05, 4.69) is 15.6 Å². The number of aliphatic imine (C=N–C) groups is 1. The first kappa shape index (κ1) is 15.3. The molecule has 0 spiro atoms. The fourth-order valence-corrected chi connectivity index (χ4v) is 2.47. The molecule has 0 aliphatic carbocycles. The van der Waals surface area contributed by atoms with Gasteiger partial charge in [0.15, 0.2) is 0 Å². The molecule has 3 rings (SSSR count). The van der Waals surface area contributed by atoms with Crippen molar-refractivity contribution in [3.05, 3.63) is 70.8 Å². The van der Waals surface area contributed by atoms with E-state index in [0.29, 0.717) is 5.02 Å². The minimum absolute atomic E-state index is 0.186. The van der Waals surface area contributed by atoms with Gasteiger partial charge < -0.3 is 10.6 Å². The first-order valence-corrected chi connectivity index (χ1v) is 7.72. The third kappa shape index (κ3) is 4.20. The lowest BCUT2D eigenvalue weighted by atomic mass is 10.2. The molecule has 0 unspecified atom stereocenters. The van der Waals surface area contributed by atoms with Crippen LogP contribution in [0.15, 0.2) is 59.6 Å². The Morgan fingerprint density at radius 2 is 2.04 bits per heavy atom. The number of halogens is 1. The maximum Gasteiger partial charge on any atom is 0.248 e. The molecule has 4 nitrogen and oxygen atoms in total. The predicted octanol–water partition coefficient (Wildman–Crippen LogP) is 3.34. The summed E-state index contributed by atoms with van der Waals surface area (Å²) in [6.07, 6.45) is 3.22. The zero-order valence-corrected chi connectivity index (χ0v) is 13.2. The molecule has 116 valence electrons. The Labute approximate surface area is 139 Å². The highest BCUT2D eigenvalue weighted by Gasteiger charge is 2.07. The maximum atomic E-state index is 11.9. The quantitative estimate of drug-likeness (QED) is 0.847. The highest BCUT2D eigenvalue weighted by Crippen LogP contribution is 2.13. The molecule has 2 aromatic rings. The number of anilines is 1. The molecular formula is C18H16ClN3O. The molecule has 5 heteroatoms. The van der Waals surface area contributed by atoms with Crippen LogP contribution < -0.4 is 10.6 Å². The molecule has 1 aliphatic heterocycles. The Hall–Kier alpha value is -2.59. The van der Waals surface area contributed by atoms with Gasteiger partial charge in [0.05, 0.1) is 6.54 Å². The third-order valence-electron chi connectivity index (χ3n) is 3.38. The number of amides is 1. The Kier molecular flexibility index (Phi) is 4.74. The van der Waals surface area contributed by atoms with Crippen molar-refractivity contribution in [2.45, 2.75) is 0 Å². The van der Waals surface area contributed by atoms with Gasteiger partial charge in [0, 0.05) is 28.9 Å². The SMILES string of the molecule is O=C(/C=C/c1cccc(Cl)c1)Nc1ccc(C2=NCCN2)cc1. The average molecular weight is 326 g/mol. The summed E-state index contributed by atoms with van der Waals surface area (Å²) in [4.78, 5) is 16.3. The summed E-state index contributed by atoms with van der Waals surface area (Å²) >= 11 is 5.91. The highest BCUT2D eigenvalue weighted by molar-refractivity contribution is 6.30. The number of hydrogen-bond acceptors (Lipinski definition) is 3. The first-order valence-electron chi connectivity index (χ1n) is 7.34. The van der Waals surface area contributed by atoms with Crippen LogP contribution in [0.5, 0.6) is 0 Å². The summed E-state index contributed by atoms with van der Waals surface area (Å²) in [6, 6.07) is 14.9. The van der Waals surface area contributed by atoms with E-state index >= 15 is 0 Å². The van der Waals surface area contributed by atoms with Crippen LogP contribution in [0, 0.1) is 0 Å². The summed E-state index contributed by atoms with van der Waals surface area (Å²) in [6.45, 7) is 1.68. The van der Waals surface area contributed by atoms with Gasteiger partial charge in [-0.05, 0) is 48.0 Å². The molecule has 0 saturated heterocycles. The lowest BCUT2D eigenvalue weighted by Crippen LogP contribution is -2.19. The van der Waals surface area contributed by atoms with Gasteiger partial charge in [0.1, 0.15) is 5.84 Å². The molecule has 23 heavy (non-hydrogen) atoms. The topological polar surface area (TPSA) is 53.5 Å². The van der Waals surface area contributed by atoms with Crippen molar-refractivity contribution in [1.29, 1.82) is 0 Å². The van der Waals surface area contributed by atoms with Gasteiger partial charge in [-0.3, -0.25) is 9.79 Å². The second kappa shape index (κ2) is 7.11. The number of benzene rings is 2. The molecule has 0 radical (unpaired) electrons. The van der Waals surface area contributed by atoms with Crippen molar-refractivity contribution in [1.82, 2.24) is 5.32 Å². The van der Waals surface area contributed by atoms with E-state index in [-0.39, 0.29) is 5.91 Å². The van der Waals surface area contributed by atoms with Crippen molar-refractivity contribution in [2.75, 3.05) is 18.4 Å². The van der Waals surface area contributed by atoms with Gasteiger partial charge >= 0.3 is 0 Å². The molecule has 0 bridgehead atoms. The van der Waals surface area contributed by atoms with E-state index in [1.807, 2.05) is 36.4 Å². The molecule has 0 aromatic heterocycles. The van der Waals surface area contributed by atoms with Crippen molar-refractivity contribution >= 4 is 35.1 Å². The number of amidine groups is 1. The predicted molar refractivity (Wildman–Crippen MR) is 95.0 cm³/mol. The average Bonchev–Trinajstić information content (AvgIpc) is 3.08. The Morgan fingerprint density at radius 1 is 1.22 bits per heavy atom. The van der Waals surface area contributed by atoms with E-state index in [9.17, 15) is 4.79 Å². The van der Waals surface area contributed by atoms with E-state index in [1.54, 1.807) is 18.2 Å². The molecule has 1 amide bonds. The maximum absolute atomic E-state index is 11.9. The van der Waals surface area contributed by atoms with Crippen LogP contribution in [0.3, 0.4) is 0 Å². The van der Waals surface area contributed by atoms with Crippen LogP contribution in [0.1, 0.15) is 11.1 Å². The minimum atomic E-state index is -0.186. The van der Waals surface area contributed by atoms with Crippen LogP contribution >= 0.6 is 11.6 Å². The molecule has 0 atom stereocenters. The molecular weight excluding hydrogens is 310 g/mol. The number of carbonyl (C=O) groups excluding carboxylic acids is 1. The normalized spacial score (nSPS) is 13.7. The summed E-state index contributed by atoms with van der Waals surface area (Å²) < 4.78 is 0. The van der Waals surface area contributed by atoms with E-state index in [4.69, 9.17) is 11.6 Å². The van der Waals surface area contributed by atoms with E-state index in [1.165, 1.54) is 6.08 Å². The number of nitrogens with zero attached hydrogens (tertiary/aromatic N) is 1. The molecule has 1 aliphatic rings. The summed E-state index contributed by atoms with van der Waals surface area (Å²) in [5.74, 6) is 0.720. The summed E-state index contributed by atoms with van der Waals surface area (Å²) in [5, 5.41) is 6.69. The zero-order valence-electron chi connectivity index (χ0n) is 12.4. The zero-order chi connectivity index (χ0) is 16.1. The van der Waals surface area contributed by atoms with Crippen LogP contribution in [0.25, 0.3) is 6.08 Å². The number of rotatable bonds is 4. The van der Waals surface area contributed by atoms with Gasteiger partial charge in [-0.15, -0.1) is 0 Å². The van der Waals surface area contributed by atoms with Gasteiger partial charge in [-0.25, -0.2) is 0 Å². The van der Waals surface area contributed by atoms with Crippen molar-refractivity contribution in [3.63, 3.8) is 0 Å². The fourth-order valence-electron chi connectivity index (χ4n) is 2.27. The van der Waals surface area contributed by atoms with Crippen molar-refractivity contribution in [2.24, 2.45) is 4.99 Å².